The molecule has 6 heteroatoms. The number of halogens is 2. The molecule has 2 aromatic rings. The fourth-order valence-corrected chi connectivity index (χ4v) is 3.90. The zero-order valence-corrected chi connectivity index (χ0v) is 15.9. The predicted molar refractivity (Wildman–Crippen MR) is 104 cm³/mol. The number of nitrogens with one attached hydrogen (secondary N) is 2. The molecular weight excluding hydrogens is 362 g/mol. The van der Waals surface area contributed by atoms with Gasteiger partial charge in [-0.15, -0.1) is 0 Å². The van der Waals surface area contributed by atoms with Gasteiger partial charge in [-0.05, 0) is 54.5 Å². The third-order valence-corrected chi connectivity index (χ3v) is 5.17. The molecule has 0 heterocycles. The highest BCUT2D eigenvalue weighted by molar-refractivity contribution is 5.73. The van der Waals surface area contributed by atoms with E-state index in [4.69, 9.17) is 0 Å². The van der Waals surface area contributed by atoms with E-state index < -0.39 is 23.8 Å². The number of hydrogen-bond donors (Lipinski definition) is 3. The molecule has 28 heavy (non-hydrogen) atoms. The highest BCUT2D eigenvalue weighted by atomic mass is 19.1. The molecule has 0 spiro atoms. The summed E-state index contributed by atoms with van der Waals surface area (Å²) in [6, 6.07) is 11.0. The summed E-state index contributed by atoms with van der Waals surface area (Å²) in [5, 5.41) is 16.8. The number of carbonyl (C=O) groups is 1. The van der Waals surface area contributed by atoms with Crippen LogP contribution in [0.15, 0.2) is 42.5 Å². The monoisotopic (exact) mass is 388 g/mol. The predicted octanol–water partition coefficient (Wildman–Crippen LogP) is 3.04. The van der Waals surface area contributed by atoms with Crippen molar-refractivity contribution in [2.24, 2.45) is 0 Å². The normalized spacial score (nSPS) is 18.2. The van der Waals surface area contributed by atoms with Gasteiger partial charge in [-0.2, -0.15) is 0 Å². The van der Waals surface area contributed by atoms with E-state index in [0.29, 0.717) is 5.56 Å². The molecule has 0 saturated heterocycles. The molecule has 2 unspecified atom stereocenters. The highest BCUT2D eigenvalue weighted by Crippen LogP contribution is 2.29. The van der Waals surface area contributed by atoms with Crippen molar-refractivity contribution in [2.45, 2.75) is 50.8 Å². The second-order valence-corrected chi connectivity index (χ2v) is 7.41. The minimum absolute atomic E-state index is 0.137. The lowest BCUT2D eigenvalue weighted by Gasteiger charge is -2.30. The van der Waals surface area contributed by atoms with E-state index in [9.17, 15) is 18.7 Å². The summed E-state index contributed by atoms with van der Waals surface area (Å²) in [6.45, 7) is 1.62. The van der Waals surface area contributed by atoms with Gasteiger partial charge < -0.3 is 15.7 Å². The van der Waals surface area contributed by atoms with Crippen LogP contribution in [0.4, 0.5) is 8.78 Å². The molecule has 0 radical (unpaired) electrons. The number of hydrogen-bond acceptors (Lipinski definition) is 3. The summed E-state index contributed by atoms with van der Waals surface area (Å²) >= 11 is 0. The summed E-state index contributed by atoms with van der Waals surface area (Å²) in [4.78, 5) is 11.6. The lowest BCUT2D eigenvalue weighted by atomic mass is 9.87. The van der Waals surface area contributed by atoms with Crippen LogP contribution in [0.2, 0.25) is 0 Å². The topological polar surface area (TPSA) is 61.4 Å². The average Bonchev–Trinajstić information content (AvgIpc) is 2.64. The van der Waals surface area contributed by atoms with Crippen molar-refractivity contribution >= 4 is 5.91 Å². The molecule has 150 valence electrons. The second kappa shape index (κ2) is 9.26. The van der Waals surface area contributed by atoms with E-state index >= 15 is 0 Å². The van der Waals surface area contributed by atoms with Gasteiger partial charge in [-0.3, -0.25) is 4.79 Å². The van der Waals surface area contributed by atoms with Crippen LogP contribution in [-0.4, -0.2) is 29.7 Å². The van der Waals surface area contributed by atoms with Crippen molar-refractivity contribution in [2.75, 3.05) is 6.54 Å². The summed E-state index contributed by atoms with van der Waals surface area (Å²) in [5.41, 5.74) is 2.94. The molecule has 0 aliphatic heterocycles. The first-order valence-corrected chi connectivity index (χ1v) is 9.63. The smallest absolute Gasteiger partial charge is 0.217 e. The number of amides is 1. The number of aliphatic hydroxyl groups is 1. The molecule has 2 aromatic carbocycles. The van der Waals surface area contributed by atoms with Crippen molar-refractivity contribution in [1.29, 1.82) is 0 Å². The Balaban J connectivity index is 1.66. The zero-order chi connectivity index (χ0) is 20.1. The largest absolute Gasteiger partial charge is 0.390 e. The maximum Gasteiger partial charge on any atom is 0.217 e. The molecular formula is C22H26F2N2O2. The molecule has 3 rings (SSSR count). The fraction of sp³-hybridized carbons (Fsp3) is 0.409. The Morgan fingerprint density at radius 2 is 1.93 bits per heavy atom. The molecule has 0 fully saturated rings. The van der Waals surface area contributed by atoms with Gasteiger partial charge in [0.2, 0.25) is 5.91 Å². The van der Waals surface area contributed by atoms with Gasteiger partial charge in [0.25, 0.3) is 0 Å². The van der Waals surface area contributed by atoms with Crippen molar-refractivity contribution in [3.8, 4) is 0 Å². The number of carbonyl (C=O) groups excluding carboxylic acids is 1. The SMILES string of the molecule is CC(=O)NC(Cc1cc(F)cc(F)c1)C(O)CN[C@H]1CCCc2ccccc21. The van der Waals surface area contributed by atoms with Crippen molar-refractivity contribution in [3.63, 3.8) is 0 Å². The minimum Gasteiger partial charge on any atom is -0.390 e. The van der Waals surface area contributed by atoms with E-state index in [2.05, 4.69) is 22.8 Å². The molecule has 3 N–H and O–H groups in total. The molecule has 1 amide bonds. The van der Waals surface area contributed by atoms with Crippen LogP contribution in [0.3, 0.4) is 0 Å². The Morgan fingerprint density at radius 3 is 2.64 bits per heavy atom. The van der Waals surface area contributed by atoms with Gasteiger partial charge in [-0.1, -0.05) is 24.3 Å². The quantitative estimate of drug-likeness (QED) is 0.683. The summed E-state index contributed by atoms with van der Waals surface area (Å²) in [5.74, 6) is -1.66. The third kappa shape index (κ3) is 5.36. The molecule has 0 bridgehead atoms. The Hall–Kier alpha value is -2.31. The number of fused-ring (bicyclic) bond motifs is 1. The number of benzene rings is 2. The number of aliphatic hydroxyl groups excluding tert-OH is 1. The Morgan fingerprint density at radius 1 is 1.21 bits per heavy atom. The maximum absolute atomic E-state index is 13.5. The Bertz CT molecular complexity index is 808. The summed E-state index contributed by atoms with van der Waals surface area (Å²) in [7, 11) is 0. The lowest BCUT2D eigenvalue weighted by Crippen LogP contribution is -2.48. The van der Waals surface area contributed by atoms with Gasteiger partial charge >= 0.3 is 0 Å². The van der Waals surface area contributed by atoms with Crippen LogP contribution in [0.1, 0.15) is 42.5 Å². The van der Waals surface area contributed by atoms with Gasteiger partial charge in [0, 0.05) is 25.6 Å². The van der Waals surface area contributed by atoms with E-state index in [1.807, 2.05) is 12.1 Å². The van der Waals surface area contributed by atoms with Gasteiger partial charge in [-0.25, -0.2) is 8.78 Å². The summed E-state index contributed by atoms with van der Waals surface area (Å²) < 4.78 is 26.9. The van der Waals surface area contributed by atoms with Gasteiger partial charge in [0.05, 0.1) is 12.1 Å². The molecule has 0 aromatic heterocycles. The van der Waals surface area contributed by atoms with Crippen molar-refractivity contribution < 1.29 is 18.7 Å². The Labute approximate surface area is 164 Å². The molecule has 1 aliphatic rings. The maximum atomic E-state index is 13.5. The number of aryl methyl sites for hydroxylation is 1. The lowest BCUT2D eigenvalue weighted by molar-refractivity contribution is -0.120. The van der Waals surface area contributed by atoms with Crippen molar-refractivity contribution in [3.05, 3.63) is 70.8 Å². The average molecular weight is 388 g/mol. The molecule has 1 aliphatic carbocycles. The van der Waals surface area contributed by atoms with Crippen LogP contribution < -0.4 is 10.6 Å². The molecule has 4 nitrogen and oxygen atoms in total. The van der Waals surface area contributed by atoms with Gasteiger partial charge in [0.1, 0.15) is 11.6 Å². The standard InChI is InChI=1S/C22H26F2N2O2/c1-14(27)26-21(11-15-9-17(23)12-18(24)10-15)22(28)13-25-20-8-4-6-16-5-2-3-7-19(16)20/h2-3,5,7,9-10,12,20-22,25,28H,4,6,8,11,13H2,1H3,(H,26,27)/t20-,21?,22?/m0/s1. The highest BCUT2D eigenvalue weighted by Gasteiger charge is 2.24. The van der Waals surface area contributed by atoms with Crippen LogP contribution >= 0.6 is 0 Å². The fourth-order valence-electron chi connectivity index (χ4n) is 3.90. The van der Waals surface area contributed by atoms with Crippen LogP contribution in [0.5, 0.6) is 0 Å². The van der Waals surface area contributed by atoms with Crippen molar-refractivity contribution in [1.82, 2.24) is 10.6 Å². The Kier molecular flexibility index (Phi) is 6.75. The molecule has 0 saturated carbocycles. The van der Waals surface area contributed by atoms with E-state index in [1.165, 1.54) is 30.2 Å². The summed E-state index contributed by atoms with van der Waals surface area (Å²) in [6.07, 6.45) is 2.34. The second-order valence-electron chi connectivity index (χ2n) is 7.41. The minimum atomic E-state index is -0.899. The van der Waals surface area contributed by atoms with E-state index in [0.717, 1.165) is 25.3 Å². The molecule has 3 atom stereocenters. The first kappa shape index (κ1) is 20.4. The first-order valence-electron chi connectivity index (χ1n) is 9.63. The first-order chi connectivity index (χ1) is 13.4. The number of rotatable bonds is 7. The van der Waals surface area contributed by atoms with Crippen LogP contribution in [-0.2, 0) is 17.6 Å². The zero-order valence-electron chi connectivity index (χ0n) is 15.9. The van der Waals surface area contributed by atoms with Gasteiger partial charge in [0.15, 0.2) is 0 Å². The van der Waals surface area contributed by atoms with Crippen LogP contribution in [0.25, 0.3) is 0 Å². The van der Waals surface area contributed by atoms with E-state index in [-0.39, 0.29) is 24.9 Å². The third-order valence-electron chi connectivity index (χ3n) is 5.17. The van der Waals surface area contributed by atoms with Crippen LogP contribution in [0, 0.1) is 11.6 Å². The van der Waals surface area contributed by atoms with E-state index in [1.54, 1.807) is 0 Å².